The summed E-state index contributed by atoms with van der Waals surface area (Å²) >= 11 is 0. The maximum atomic E-state index is 11.0. The van der Waals surface area contributed by atoms with Gasteiger partial charge in [0.2, 0.25) is 5.91 Å². The van der Waals surface area contributed by atoms with Crippen LogP contribution in [0.1, 0.15) is 46.5 Å². The number of hydrogen-bond donors (Lipinski definition) is 0. The lowest BCUT2D eigenvalue weighted by molar-refractivity contribution is -0.121. The molecule has 1 radical (unpaired) electrons. The zero-order chi connectivity index (χ0) is 9.40. The van der Waals surface area contributed by atoms with Gasteiger partial charge in [0.25, 0.3) is 0 Å². The van der Waals surface area contributed by atoms with Crippen LogP contribution in [0.25, 0.3) is 0 Å². The van der Waals surface area contributed by atoms with Crippen molar-refractivity contribution in [3.8, 4) is 0 Å². The van der Waals surface area contributed by atoms with Gasteiger partial charge in [-0.1, -0.05) is 27.2 Å². The molecule has 1 amide bonds. The Kier molecular flexibility index (Phi) is 6.82. The summed E-state index contributed by atoms with van der Waals surface area (Å²) in [6, 6.07) is 0. The summed E-state index contributed by atoms with van der Waals surface area (Å²) in [6.07, 6.45) is 3.71. The van der Waals surface area contributed by atoms with E-state index in [0.717, 1.165) is 19.3 Å². The summed E-state index contributed by atoms with van der Waals surface area (Å²) in [4.78, 5) is 11.0. The molecule has 0 aliphatic heterocycles. The van der Waals surface area contributed by atoms with Crippen LogP contribution in [0.4, 0.5) is 0 Å². The van der Waals surface area contributed by atoms with E-state index in [2.05, 4.69) is 26.1 Å². The van der Waals surface area contributed by atoms with E-state index in [1.165, 1.54) is 0 Å². The predicted molar refractivity (Wildman–Crippen MR) is 51.0 cm³/mol. The highest BCUT2D eigenvalue weighted by molar-refractivity contribution is 5.75. The lowest BCUT2D eigenvalue weighted by atomic mass is 10.1. The Morgan fingerprint density at radius 2 is 2.08 bits per heavy atom. The topological polar surface area (TPSA) is 31.2 Å². The largest absolute Gasteiger partial charge is 0.273 e. The second-order valence-electron chi connectivity index (χ2n) is 3.56. The van der Waals surface area contributed by atoms with E-state index in [1.54, 1.807) is 0 Å². The molecule has 0 aromatic rings. The van der Waals surface area contributed by atoms with Crippen LogP contribution in [0.3, 0.4) is 0 Å². The maximum Gasteiger partial charge on any atom is 0.241 e. The first-order valence-corrected chi connectivity index (χ1v) is 4.87. The van der Waals surface area contributed by atoms with Gasteiger partial charge in [-0.2, -0.15) is 0 Å². The zero-order valence-corrected chi connectivity index (χ0v) is 8.47. The smallest absolute Gasteiger partial charge is 0.241 e. The molecule has 0 aromatic heterocycles. The van der Waals surface area contributed by atoms with E-state index in [9.17, 15) is 4.79 Å². The fourth-order valence-corrected chi connectivity index (χ4v) is 0.855. The van der Waals surface area contributed by atoms with Crippen LogP contribution in [-0.4, -0.2) is 12.5 Å². The van der Waals surface area contributed by atoms with Gasteiger partial charge in [-0.05, 0) is 18.8 Å². The molecule has 0 aliphatic rings. The number of rotatable bonds is 6. The van der Waals surface area contributed by atoms with Crippen molar-refractivity contribution in [3.05, 3.63) is 0 Å². The zero-order valence-electron chi connectivity index (χ0n) is 8.47. The molecule has 0 aromatic carbocycles. The SMILES string of the molecule is CCCCC(=O)[N]CCC(C)C. The van der Waals surface area contributed by atoms with Gasteiger partial charge in [-0.15, -0.1) is 0 Å². The minimum absolute atomic E-state index is 0.0810. The molecule has 12 heavy (non-hydrogen) atoms. The molecule has 0 N–H and O–H groups in total. The summed E-state index contributed by atoms with van der Waals surface area (Å²) in [5.41, 5.74) is 0. The second kappa shape index (κ2) is 7.14. The average Bonchev–Trinajstić information content (AvgIpc) is 2.00. The number of carbonyl (C=O) groups is 1. The van der Waals surface area contributed by atoms with Crippen molar-refractivity contribution in [2.24, 2.45) is 5.92 Å². The molecule has 0 atom stereocenters. The van der Waals surface area contributed by atoms with Gasteiger partial charge < -0.3 is 0 Å². The van der Waals surface area contributed by atoms with Crippen LogP contribution < -0.4 is 5.32 Å². The van der Waals surface area contributed by atoms with E-state index in [4.69, 9.17) is 0 Å². The minimum Gasteiger partial charge on any atom is -0.273 e. The Bertz CT molecular complexity index is 121. The third-order valence-electron chi connectivity index (χ3n) is 1.74. The van der Waals surface area contributed by atoms with Crippen LogP contribution in [0.5, 0.6) is 0 Å². The van der Waals surface area contributed by atoms with Crippen LogP contribution in [0.15, 0.2) is 0 Å². The van der Waals surface area contributed by atoms with Crippen LogP contribution >= 0.6 is 0 Å². The molecule has 2 nitrogen and oxygen atoms in total. The van der Waals surface area contributed by atoms with E-state index < -0.39 is 0 Å². The van der Waals surface area contributed by atoms with Gasteiger partial charge in [0.05, 0.1) is 0 Å². The first-order chi connectivity index (χ1) is 5.66. The van der Waals surface area contributed by atoms with Crippen molar-refractivity contribution in [1.82, 2.24) is 5.32 Å². The molecular weight excluding hydrogens is 150 g/mol. The standard InChI is InChI=1S/C10H20NO/c1-4-5-6-10(12)11-8-7-9(2)3/h9H,4-8H2,1-3H3. The molecule has 2 heteroatoms. The van der Waals surface area contributed by atoms with Crippen LogP contribution in [0.2, 0.25) is 0 Å². The Labute approximate surface area is 75.7 Å². The van der Waals surface area contributed by atoms with Crippen LogP contribution in [0, 0.1) is 5.92 Å². The first kappa shape index (κ1) is 11.5. The molecule has 0 rings (SSSR count). The summed E-state index contributed by atoms with van der Waals surface area (Å²) in [7, 11) is 0. The summed E-state index contributed by atoms with van der Waals surface area (Å²) in [5.74, 6) is 0.727. The molecule has 71 valence electrons. The number of hydrogen-bond acceptors (Lipinski definition) is 1. The van der Waals surface area contributed by atoms with E-state index >= 15 is 0 Å². The molecule has 0 bridgehead atoms. The summed E-state index contributed by atoms with van der Waals surface area (Å²) in [5, 5.41) is 3.96. The third kappa shape index (κ3) is 7.58. The number of amides is 1. The predicted octanol–water partition coefficient (Wildman–Crippen LogP) is 2.35. The summed E-state index contributed by atoms with van der Waals surface area (Å²) in [6.45, 7) is 7.08. The van der Waals surface area contributed by atoms with E-state index in [-0.39, 0.29) is 5.91 Å². The lowest BCUT2D eigenvalue weighted by Gasteiger charge is -2.03. The molecule has 0 aliphatic carbocycles. The third-order valence-corrected chi connectivity index (χ3v) is 1.74. The molecule has 0 spiro atoms. The molecule has 0 heterocycles. The Hall–Kier alpha value is -0.530. The number of nitrogens with zero attached hydrogens (tertiary/aromatic N) is 1. The van der Waals surface area contributed by atoms with Crippen molar-refractivity contribution < 1.29 is 4.79 Å². The van der Waals surface area contributed by atoms with Gasteiger partial charge in [-0.3, -0.25) is 10.1 Å². The fourth-order valence-electron chi connectivity index (χ4n) is 0.855. The van der Waals surface area contributed by atoms with Crippen molar-refractivity contribution in [2.45, 2.75) is 46.5 Å². The highest BCUT2D eigenvalue weighted by Crippen LogP contribution is 1.98. The fraction of sp³-hybridized carbons (Fsp3) is 0.900. The van der Waals surface area contributed by atoms with Gasteiger partial charge in [0, 0.05) is 13.0 Å². The van der Waals surface area contributed by atoms with Crippen molar-refractivity contribution >= 4 is 5.91 Å². The van der Waals surface area contributed by atoms with Gasteiger partial charge in [0.15, 0.2) is 0 Å². The molecule has 0 fully saturated rings. The lowest BCUT2D eigenvalue weighted by Crippen LogP contribution is -2.17. The Morgan fingerprint density at radius 3 is 2.58 bits per heavy atom. The molecule has 0 saturated heterocycles. The van der Waals surface area contributed by atoms with Gasteiger partial charge in [0.1, 0.15) is 0 Å². The van der Waals surface area contributed by atoms with Crippen molar-refractivity contribution in [2.75, 3.05) is 6.54 Å². The number of carbonyl (C=O) groups excluding carboxylic acids is 1. The Balaban J connectivity index is 3.20. The quantitative estimate of drug-likeness (QED) is 0.602. The van der Waals surface area contributed by atoms with Crippen LogP contribution in [-0.2, 0) is 4.79 Å². The van der Waals surface area contributed by atoms with Crippen molar-refractivity contribution in [3.63, 3.8) is 0 Å². The van der Waals surface area contributed by atoms with E-state index in [0.29, 0.717) is 18.9 Å². The second-order valence-corrected chi connectivity index (χ2v) is 3.56. The monoisotopic (exact) mass is 170 g/mol. The maximum absolute atomic E-state index is 11.0. The van der Waals surface area contributed by atoms with Gasteiger partial charge >= 0.3 is 0 Å². The molecular formula is C10H20NO. The highest BCUT2D eigenvalue weighted by Gasteiger charge is 2.01. The molecule has 0 unspecified atom stereocenters. The molecule has 0 saturated carbocycles. The first-order valence-electron chi connectivity index (χ1n) is 4.87. The number of unbranched alkanes of at least 4 members (excludes halogenated alkanes) is 1. The highest BCUT2D eigenvalue weighted by atomic mass is 16.1. The van der Waals surface area contributed by atoms with Gasteiger partial charge in [-0.25, -0.2) is 0 Å². The average molecular weight is 170 g/mol. The van der Waals surface area contributed by atoms with Crippen molar-refractivity contribution in [1.29, 1.82) is 0 Å². The minimum atomic E-state index is 0.0810. The summed E-state index contributed by atoms with van der Waals surface area (Å²) < 4.78 is 0. The Morgan fingerprint density at radius 1 is 1.42 bits per heavy atom. The normalized spacial score (nSPS) is 10.3. The van der Waals surface area contributed by atoms with E-state index in [1.807, 2.05) is 0 Å².